The highest BCUT2D eigenvalue weighted by atomic mass is 32.2. The molecule has 0 spiro atoms. The summed E-state index contributed by atoms with van der Waals surface area (Å²) in [5, 5.41) is 2.77. The van der Waals surface area contributed by atoms with Gasteiger partial charge in [0.25, 0.3) is 0 Å². The summed E-state index contributed by atoms with van der Waals surface area (Å²) in [4.78, 5) is 12.2. The second-order valence-electron chi connectivity index (χ2n) is 6.70. The predicted octanol–water partition coefficient (Wildman–Crippen LogP) is 3.58. The summed E-state index contributed by atoms with van der Waals surface area (Å²) in [5.74, 6) is 0.834. The van der Waals surface area contributed by atoms with E-state index >= 15 is 0 Å². The van der Waals surface area contributed by atoms with E-state index in [2.05, 4.69) is 5.32 Å². The summed E-state index contributed by atoms with van der Waals surface area (Å²) >= 11 is 0. The second kappa shape index (κ2) is 9.01. The molecule has 0 heterocycles. The minimum Gasteiger partial charge on any atom is -0.456 e. The Balaban J connectivity index is 2.10. The largest absolute Gasteiger partial charge is 0.456 e. The van der Waals surface area contributed by atoms with E-state index in [-0.39, 0.29) is 22.3 Å². The van der Waals surface area contributed by atoms with Crippen molar-refractivity contribution < 1.29 is 17.9 Å². The average Bonchev–Trinajstić information content (AvgIpc) is 2.63. The van der Waals surface area contributed by atoms with Crippen LogP contribution in [0.3, 0.4) is 0 Å². The maximum atomic E-state index is 12.2. The molecule has 0 aliphatic carbocycles. The van der Waals surface area contributed by atoms with Crippen molar-refractivity contribution in [2.45, 2.75) is 38.1 Å². The Labute approximate surface area is 160 Å². The van der Waals surface area contributed by atoms with E-state index in [4.69, 9.17) is 10.5 Å². The van der Waals surface area contributed by atoms with Gasteiger partial charge in [0.15, 0.2) is 9.84 Å². The molecule has 1 amide bonds. The highest BCUT2D eigenvalue weighted by molar-refractivity contribution is 7.91. The van der Waals surface area contributed by atoms with Crippen LogP contribution in [0.1, 0.15) is 27.2 Å². The van der Waals surface area contributed by atoms with Crippen LogP contribution in [0.15, 0.2) is 53.4 Å². The predicted molar refractivity (Wildman–Crippen MR) is 107 cm³/mol. The number of amides is 1. The molecule has 2 aromatic carbocycles. The van der Waals surface area contributed by atoms with E-state index in [1.165, 1.54) is 6.07 Å². The molecule has 0 saturated carbocycles. The maximum Gasteiger partial charge on any atom is 0.241 e. The van der Waals surface area contributed by atoms with E-state index in [9.17, 15) is 13.2 Å². The van der Waals surface area contributed by atoms with Crippen LogP contribution in [0.2, 0.25) is 0 Å². The van der Waals surface area contributed by atoms with Crippen LogP contribution in [0.25, 0.3) is 0 Å². The fourth-order valence-electron chi connectivity index (χ4n) is 2.53. The van der Waals surface area contributed by atoms with Crippen LogP contribution in [0, 0.1) is 5.92 Å². The molecule has 0 aliphatic heterocycles. The molecule has 0 aliphatic rings. The molecule has 27 heavy (non-hydrogen) atoms. The number of para-hydroxylation sites is 1. The summed E-state index contributed by atoms with van der Waals surface area (Å²) < 4.78 is 30.1. The van der Waals surface area contributed by atoms with Gasteiger partial charge in [-0.25, -0.2) is 8.42 Å². The van der Waals surface area contributed by atoms with Crippen LogP contribution in [-0.4, -0.2) is 26.1 Å². The standard InChI is InChI=1S/C20H26N2O4S/c1-4-27(24,25)19-8-6-5-7-18(19)26-16-11-9-15(10-12-16)22-20(23)17(21)13-14(2)3/h5-12,14,17H,4,13,21H2,1-3H3,(H,22,23)/t17-/m0/s1. The van der Waals surface area contributed by atoms with Crippen molar-refractivity contribution in [2.75, 3.05) is 11.1 Å². The molecule has 0 fully saturated rings. The molecule has 2 rings (SSSR count). The van der Waals surface area contributed by atoms with Gasteiger partial charge in [0.05, 0.1) is 11.8 Å². The third-order valence-corrected chi connectivity index (χ3v) is 5.74. The first-order valence-corrected chi connectivity index (χ1v) is 10.5. The monoisotopic (exact) mass is 390 g/mol. The van der Waals surface area contributed by atoms with Crippen LogP contribution in [-0.2, 0) is 14.6 Å². The molecule has 0 aromatic heterocycles. The number of hydrogen-bond donors (Lipinski definition) is 2. The van der Waals surface area contributed by atoms with Crippen molar-refractivity contribution in [3.05, 3.63) is 48.5 Å². The van der Waals surface area contributed by atoms with Gasteiger partial charge in [-0.1, -0.05) is 32.9 Å². The van der Waals surface area contributed by atoms with Crippen molar-refractivity contribution in [3.8, 4) is 11.5 Å². The Morgan fingerprint density at radius 1 is 1.11 bits per heavy atom. The Kier molecular flexibility index (Phi) is 6.98. The highest BCUT2D eigenvalue weighted by Gasteiger charge is 2.18. The molecule has 0 bridgehead atoms. The summed E-state index contributed by atoms with van der Waals surface area (Å²) in [6.45, 7) is 5.61. The smallest absolute Gasteiger partial charge is 0.241 e. The lowest BCUT2D eigenvalue weighted by Crippen LogP contribution is -2.36. The first-order valence-electron chi connectivity index (χ1n) is 8.89. The van der Waals surface area contributed by atoms with Crippen LogP contribution in [0.5, 0.6) is 11.5 Å². The summed E-state index contributed by atoms with van der Waals surface area (Å²) in [7, 11) is -3.39. The number of carbonyl (C=O) groups excluding carboxylic acids is 1. The molecule has 3 N–H and O–H groups in total. The molecule has 0 saturated heterocycles. The van der Waals surface area contributed by atoms with Gasteiger partial charge in [0, 0.05) is 5.69 Å². The van der Waals surface area contributed by atoms with Crippen molar-refractivity contribution in [1.82, 2.24) is 0 Å². The van der Waals surface area contributed by atoms with Gasteiger partial charge in [-0.05, 0) is 48.7 Å². The van der Waals surface area contributed by atoms with Crippen molar-refractivity contribution in [3.63, 3.8) is 0 Å². The summed E-state index contributed by atoms with van der Waals surface area (Å²) in [5.41, 5.74) is 6.47. The topological polar surface area (TPSA) is 98.5 Å². The zero-order valence-electron chi connectivity index (χ0n) is 15.8. The fraction of sp³-hybridized carbons (Fsp3) is 0.350. The van der Waals surface area contributed by atoms with Crippen LogP contribution >= 0.6 is 0 Å². The van der Waals surface area contributed by atoms with E-state index in [0.717, 1.165) is 0 Å². The zero-order chi connectivity index (χ0) is 20.0. The van der Waals surface area contributed by atoms with Gasteiger partial charge in [0.1, 0.15) is 16.4 Å². The normalized spacial score (nSPS) is 12.6. The second-order valence-corrected chi connectivity index (χ2v) is 8.95. The van der Waals surface area contributed by atoms with E-state index < -0.39 is 15.9 Å². The van der Waals surface area contributed by atoms with Gasteiger partial charge < -0.3 is 15.8 Å². The Bertz CT molecular complexity index is 877. The van der Waals surface area contributed by atoms with Gasteiger partial charge in [-0.2, -0.15) is 0 Å². The maximum absolute atomic E-state index is 12.2. The number of nitrogens with two attached hydrogens (primary N) is 1. The third kappa shape index (κ3) is 5.80. The van der Waals surface area contributed by atoms with Crippen molar-refractivity contribution >= 4 is 21.4 Å². The molecule has 1 atom stereocenters. The van der Waals surface area contributed by atoms with Gasteiger partial charge in [-0.3, -0.25) is 4.79 Å². The van der Waals surface area contributed by atoms with Crippen molar-refractivity contribution in [1.29, 1.82) is 0 Å². The van der Waals surface area contributed by atoms with Gasteiger partial charge >= 0.3 is 0 Å². The van der Waals surface area contributed by atoms with Crippen LogP contribution in [0.4, 0.5) is 5.69 Å². The lowest BCUT2D eigenvalue weighted by atomic mass is 10.0. The third-order valence-electron chi connectivity index (χ3n) is 3.98. The molecule has 146 valence electrons. The Morgan fingerprint density at radius 3 is 2.33 bits per heavy atom. The molecular formula is C20H26N2O4S. The van der Waals surface area contributed by atoms with E-state index in [1.54, 1.807) is 49.4 Å². The first kappa shape index (κ1) is 20.9. The number of carbonyl (C=O) groups is 1. The molecule has 7 heteroatoms. The van der Waals surface area contributed by atoms with E-state index in [1.807, 2.05) is 13.8 Å². The molecule has 0 radical (unpaired) electrons. The number of sulfone groups is 1. The minimum atomic E-state index is -3.39. The lowest BCUT2D eigenvalue weighted by Gasteiger charge is -2.15. The van der Waals surface area contributed by atoms with Gasteiger partial charge in [0.2, 0.25) is 5.91 Å². The first-order chi connectivity index (χ1) is 12.7. The SMILES string of the molecule is CCS(=O)(=O)c1ccccc1Oc1ccc(NC(=O)[C@@H](N)CC(C)C)cc1. The molecule has 2 aromatic rings. The molecular weight excluding hydrogens is 364 g/mol. The number of ether oxygens (including phenoxy) is 1. The minimum absolute atomic E-state index is 0.00498. The zero-order valence-corrected chi connectivity index (χ0v) is 16.6. The number of rotatable bonds is 8. The Morgan fingerprint density at radius 2 is 1.74 bits per heavy atom. The summed E-state index contributed by atoms with van der Waals surface area (Å²) in [6.07, 6.45) is 0.607. The number of nitrogens with one attached hydrogen (secondary N) is 1. The molecule has 0 unspecified atom stereocenters. The number of hydrogen-bond acceptors (Lipinski definition) is 5. The van der Waals surface area contributed by atoms with Crippen molar-refractivity contribution in [2.24, 2.45) is 11.7 Å². The molecule has 6 nitrogen and oxygen atoms in total. The number of anilines is 1. The average molecular weight is 391 g/mol. The Hall–Kier alpha value is -2.38. The quantitative estimate of drug-likeness (QED) is 0.718. The summed E-state index contributed by atoms with van der Waals surface area (Å²) in [6, 6.07) is 12.7. The highest BCUT2D eigenvalue weighted by Crippen LogP contribution is 2.30. The fourth-order valence-corrected chi connectivity index (χ4v) is 3.54. The number of benzene rings is 2. The lowest BCUT2D eigenvalue weighted by molar-refractivity contribution is -0.117. The van der Waals surface area contributed by atoms with E-state index in [0.29, 0.717) is 23.8 Å². The van der Waals surface area contributed by atoms with Crippen LogP contribution < -0.4 is 15.8 Å². The van der Waals surface area contributed by atoms with Gasteiger partial charge in [-0.15, -0.1) is 0 Å².